The molecule has 0 aliphatic carbocycles. The fourth-order valence-electron chi connectivity index (χ4n) is 1.53. The van der Waals surface area contributed by atoms with Crippen molar-refractivity contribution in [2.45, 2.75) is 26.6 Å². The Bertz CT molecular complexity index is 301. The maximum absolute atomic E-state index is 13.2. The summed E-state index contributed by atoms with van der Waals surface area (Å²) in [6.45, 7) is 4.82. The van der Waals surface area contributed by atoms with Crippen molar-refractivity contribution in [2.75, 3.05) is 6.54 Å². The summed E-state index contributed by atoms with van der Waals surface area (Å²) < 4.78 is 18.5. The van der Waals surface area contributed by atoms with Gasteiger partial charge in [-0.2, -0.15) is 0 Å². The number of halogens is 1. The van der Waals surface area contributed by atoms with E-state index in [1.807, 2.05) is 19.9 Å². The Morgan fingerprint density at radius 1 is 1.50 bits per heavy atom. The molecule has 1 atom stereocenters. The fraction of sp³-hybridized carbons (Fsp3) is 0.455. The summed E-state index contributed by atoms with van der Waals surface area (Å²) in [5.41, 5.74) is 6.99. The number of rotatable bonds is 1. The molecule has 0 amide bonds. The van der Waals surface area contributed by atoms with E-state index >= 15 is 0 Å². The SMILES string of the molecule is CC.NC[C@@H]1OCc2cccc(F)c21. The highest BCUT2D eigenvalue weighted by Gasteiger charge is 2.24. The third-order valence-electron chi connectivity index (χ3n) is 2.12. The molecule has 3 heteroatoms. The lowest BCUT2D eigenvalue weighted by Gasteiger charge is -2.07. The Kier molecular flexibility index (Phi) is 4.04. The molecule has 1 aliphatic rings. The van der Waals surface area contributed by atoms with Gasteiger partial charge >= 0.3 is 0 Å². The van der Waals surface area contributed by atoms with Crippen LogP contribution in [-0.2, 0) is 11.3 Å². The molecule has 1 heterocycles. The van der Waals surface area contributed by atoms with Crippen molar-refractivity contribution >= 4 is 0 Å². The van der Waals surface area contributed by atoms with E-state index in [1.54, 1.807) is 6.07 Å². The first-order valence-electron chi connectivity index (χ1n) is 4.92. The van der Waals surface area contributed by atoms with Crippen LogP contribution in [0, 0.1) is 5.82 Å². The molecule has 0 unspecified atom stereocenters. The first-order chi connectivity index (χ1) is 6.83. The van der Waals surface area contributed by atoms with Crippen molar-refractivity contribution in [3.63, 3.8) is 0 Å². The van der Waals surface area contributed by atoms with E-state index in [-0.39, 0.29) is 11.9 Å². The Morgan fingerprint density at radius 2 is 2.21 bits per heavy atom. The van der Waals surface area contributed by atoms with Gasteiger partial charge in [-0.15, -0.1) is 0 Å². The van der Waals surface area contributed by atoms with Gasteiger partial charge in [-0.1, -0.05) is 26.0 Å². The second-order valence-electron chi connectivity index (χ2n) is 2.85. The Labute approximate surface area is 83.9 Å². The smallest absolute Gasteiger partial charge is 0.129 e. The maximum atomic E-state index is 13.2. The highest BCUT2D eigenvalue weighted by Crippen LogP contribution is 2.31. The summed E-state index contributed by atoms with van der Waals surface area (Å²) in [6, 6.07) is 5.00. The van der Waals surface area contributed by atoms with E-state index in [0.717, 1.165) is 5.56 Å². The molecular weight excluding hydrogens is 181 g/mol. The van der Waals surface area contributed by atoms with Crippen LogP contribution in [-0.4, -0.2) is 6.54 Å². The van der Waals surface area contributed by atoms with Gasteiger partial charge in [0.15, 0.2) is 0 Å². The number of benzene rings is 1. The summed E-state index contributed by atoms with van der Waals surface area (Å²) in [5.74, 6) is -0.208. The first kappa shape index (κ1) is 11.1. The van der Waals surface area contributed by atoms with Crippen LogP contribution in [0.1, 0.15) is 31.1 Å². The quantitative estimate of drug-likeness (QED) is 0.750. The molecule has 2 N–H and O–H groups in total. The maximum Gasteiger partial charge on any atom is 0.129 e. The van der Waals surface area contributed by atoms with Crippen LogP contribution in [0.3, 0.4) is 0 Å². The van der Waals surface area contributed by atoms with Gasteiger partial charge in [0.2, 0.25) is 0 Å². The van der Waals surface area contributed by atoms with E-state index in [1.165, 1.54) is 6.07 Å². The molecule has 14 heavy (non-hydrogen) atoms. The van der Waals surface area contributed by atoms with Gasteiger partial charge in [0.05, 0.1) is 12.7 Å². The number of fused-ring (bicyclic) bond motifs is 1. The lowest BCUT2D eigenvalue weighted by molar-refractivity contribution is 0.0708. The van der Waals surface area contributed by atoms with Crippen LogP contribution in [0.4, 0.5) is 4.39 Å². The molecule has 1 aromatic carbocycles. The standard InChI is InChI=1S/C9H10FNO.C2H6/c10-7-3-1-2-6-5-12-8(4-11)9(6)7;1-2/h1-3,8H,4-5,11H2;1-2H3/t8-;/m0./s1. The van der Waals surface area contributed by atoms with Crippen molar-refractivity contribution in [1.82, 2.24) is 0 Å². The number of hydrogen-bond donors (Lipinski definition) is 1. The van der Waals surface area contributed by atoms with E-state index in [2.05, 4.69) is 0 Å². The minimum atomic E-state index is -0.249. The summed E-state index contributed by atoms with van der Waals surface area (Å²) in [4.78, 5) is 0. The molecule has 0 spiro atoms. The number of ether oxygens (including phenoxy) is 1. The minimum absolute atomic E-state index is 0.208. The number of nitrogens with two attached hydrogens (primary N) is 1. The van der Waals surface area contributed by atoms with Crippen LogP contribution < -0.4 is 5.73 Å². The summed E-state index contributed by atoms with van der Waals surface area (Å²) in [5, 5.41) is 0. The van der Waals surface area contributed by atoms with Crippen molar-refractivity contribution in [1.29, 1.82) is 0 Å². The fourth-order valence-corrected chi connectivity index (χ4v) is 1.53. The average Bonchev–Trinajstić information content (AvgIpc) is 2.65. The van der Waals surface area contributed by atoms with E-state index in [4.69, 9.17) is 10.5 Å². The molecule has 1 aliphatic heterocycles. The Balaban J connectivity index is 0.000000461. The zero-order valence-electron chi connectivity index (χ0n) is 8.59. The molecule has 0 saturated heterocycles. The summed E-state index contributed by atoms with van der Waals surface area (Å²) >= 11 is 0. The van der Waals surface area contributed by atoms with E-state index in [9.17, 15) is 4.39 Å². The molecule has 1 aromatic rings. The van der Waals surface area contributed by atoms with Crippen LogP contribution in [0.15, 0.2) is 18.2 Å². The predicted molar refractivity (Wildman–Crippen MR) is 54.3 cm³/mol. The molecule has 2 rings (SSSR count). The van der Waals surface area contributed by atoms with Gasteiger partial charge in [-0.05, 0) is 11.6 Å². The molecule has 0 radical (unpaired) electrons. The first-order valence-corrected chi connectivity index (χ1v) is 4.92. The second-order valence-corrected chi connectivity index (χ2v) is 2.85. The zero-order valence-corrected chi connectivity index (χ0v) is 8.59. The van der Waals surface area contributed by atoms with Crippen molar-refractivity contribution in [2.24, 2.45) is 5.73 Å². The second kappa shape index (κ2) is 5.08. The molecule has 0 aromatic heterocycles. The topological polar surface area (TPSA) is 35.2 Å². The van der Waals surface area contributed by atoms with Crippen LogP contribution in [0.25, 0.3) is 0 Å². The number of hydrogen-bond acceptors (Lipinski definition) is 2. The molecule has 0 bridgehead atoms. The molecule has 0 saturated carbocycles. The molecular formula is C11H16FNO. The zero-order chi connectivity index (χ0) is 10.6. The van der Waals surface area contributed by atoms with Gasteiger partial charge in [-0.25, -0.2) is 4.39 Å². The van der Waals surface area contributed by atoms with Crippen molar-refractivity contribution in [3.8, 4) is 0 Å². The van der Waals surface area contributed by atoms with Crippen LogP contribution >= 0.6 is 0 Å². The van der Waals surface area contributed by atoms with Crippen LogP contribution in [0.2, 0.25) is 0 Å². The third kappa shape index (κ3) is 1.94. The Morgan fingerprint density at radius 3 is 2.86 bits per heavy atom. The van der Waals surface area contributed by atoms with Gasteiger partial charge in [0.1, 0.15) is 5.82 Å². The molecule has 0 fully saturated rings. The van der Waals surface area contributed by atoms with Gasteiger partial charge in [0.25, 0.3) is 0 Å². The third-order valence-corrected chi connectivity index (χ3v) is 2.12. The minimum Gasteiger partial charge on any atom is -0.367 e. The summed E-state index contributed by atoms with van der Waals surface area (Å²) in [7, 11) is 0. The molecule has 2 nitrogen and oxygen atoms in total. The van der Waals surface area contributed by atoms with Gasteiger partial charge in [0, 0.05) is 12.1 Å². The van der Waals surface area contributed by atoms with Crippen molar-refractivity contribution < 1.29 is 9.13 Å². The monoisotopic (exact) mass is 197 g/mol. The van der Waals surface area contributed by atoms with E-state index in [0.29, 0.717) is 18.7 Å². The van der Waals surface area contributed by atoms with Crippen molar-refractivity contribution in [3.05, 3.63) is 35.1 Å². The highest BCUT2D eigenvalue weighted by atomic mass is 19.1. The largest absolute Gasteiger partial charge is 0.367 e. The lowest BCUT2D eigenvalue weighted by Crippen LogP contribution is -2.12. The van der Waals surface area contributed by atoms with Gasteiger partial charge < -0.3 is 10.5 Å². The van der Waals surface area contributed by atoms with E-state index < -0.39 is 0 Å². The predicted octanol–water partition coefficient (Wildman–Crippen LogP) is 2.38. The molecule has 78 valence electrons. The lowest BCUT2D eigenvalue weighted by atomic mass is 10.1. The van der Waals surface area contributed by atoms with Crippen LogP contribution in [0.5, 0.6) is 0 Å². The average molecular weight is 197 g/mol. The normalized spacial score (nSPS) is 18.4. The Hall–Kier alpha value is -0.930. The summed E-state index contributed by atoms with van der Waals surface area (Å²) in [6.07, 6.45) is -0.249. The highest BCUT2D eigenvalue weighted by molar-refractivity contribution is 5.33. The van der Waals surface area contributed by atoms with Gasteiger partial charge in [-0.3, -0.25) is 0 Å².